The highest BCUT2D eigenvalue weighted by molar-refractivity contribution is 5.95. The topological polar surface area (TPSA) is 67.9 Å². The Bertz CT molecular complexity index is 805. The molecule has 6 nitrogen and oxygen atoms in total. The Balaban J connectivity index is 1.87. The van der Waals surface area contributed by atoms with Crippen LogP contribution in [-0.4, -0.2) is 38.9 Å². The molecule has 0 unspecified atom stereocenters. The van der Waals surface area contributed by atoms with E-state index in [-0.39, 0.29) is 5.69 Å². The van der Waals surface area contributed by atoms with Crippen LogP contribution in [0.5, 0.6) is 5.75 Å². The number of anilines is 2. The number of halogens is 3. The van der Waals surface area contributed by atoms with Gasteiger partial charge in [0.25, 0.3) is 5.91 Å². The fraction of sp³-hybridized carbons (Fsp3) is 0.222. The van der Waals surface area contributed by atoms with Crippen molar-refractivity contribution in [3.63, 3.8) is 0 Å². The molecule has 2 rings (SSSR count). The third kappa shape index (κ3) is 6.53. The highest BCUT2D eigenvalue weighted by Gasteiger charge is 2.30. The van der Waals surface area contributed by atoms with Gasteiger partial charge in [-0.2, -0.15) is 0 Å². The minimum absolute atomic E-state index is 0.236. The number of carbonyl (C=O) groups excluding carboxylic acids is 2. The molecule has 0 aliphatic carbocycles. The van der Waals surface area contributed by atoms with E-state index in [0.717, 1.165) is 17.8 Å². The van der Waals surface area contributed by atoms with Gasteiger partial charge >= 0.3 is 12.3 Å². The van der Waals surface area contributed by atoms with Crippen molar-refractivity contribution in [2.45, 2.75) is 6.36 Å². The van der Waals surface area contributed by atoms with Gasteiger partial charge in [-0.1, -0.05) is 6.07 Å². The fourth-order valence-corrected chi connectivity index (χ4v) is 2.06. The molecule has 0 saturated heterocycles. The van der Waals surface area contributed by atoms with Crippen molar-refractivity contribution >= 4 is 23.3 Å². The Hall–Kier alpha value is -3.23. The normalized spacial score (nSPS) is 10.9. The second kappa shape index (κ2) is 8.43. The molecule has 2 aromatic rings. The molecule has 0 fully saturated rings. The first-order chi connectivity index (χ1) is 12.6. The highest BCUT2D eigenvalue weighted by Crippen LogP contribution is 2.24. The number of hydrogen-bond acceptors (Lipinski definition) is 5. The van der Waals surface area contributed by atoms with Gasteiger partial charge in [-0.05, 0) is 42.5 Å². The average molecular weight is 382 g/mol. The van der Waals surface area contributed by atoms with Crippen LogP contribution < -0.4 is 15.0 Å². The lowest BCUT2D eigenvalue weighted by molar-refractivity contribution is -0.274. The summed E-state index contributed by atoms with van der Waals surface area (Å²) in [6, 6.07) is 11.3. The summed E-state index contributed by atoms with van der Waals surface area (Å²) < 4.78 is 45.0. The molecular weight excluding hydrogens is 365 g/mol. The summed E-state index contributed by atoms with van der Waals surface area (Å²) in [6.07, 6.45) is -4.79. The molecule has 144 valence electrons. The Morgan fingerprint density at radius 3 is 2.33 bits per heavy atom. The largest absolute Gasteiger partial charge is 0.573 e. The maximum Gasteiger partial charge on any atom is 0.573 e. The second-order valence-electron chi connectivity index (χ2n) is 5.64. The highest BCUT2D eigenvalue weighted by atomic mass is 19.4. The number of benzene rings is 2. The number of rotatable bonds is 6. The Morgan fingerprint density at radius 2 is 1.74 bits per heavy atom. The van der Waals surface area contributed by atoms with Crippen LogP contribution in [0.4, 0.5) is 24.5 Å². The van der Waals surface area contributed by atoms with E-state index in [2.05, 4.69) is 10.1 Å². The minimum atomic E-state index is -4.79. The average Bonchev–Trinajstić information content (AvgIpc) is 2.60. The van der Waals surface area contributed by atoms with Crippen molar-refractivity contribution < 1.29 is 32.2 Å². The standard InChI is InChI=1S/C18H17F3N2O4/c1-23(2)14-5-3-4-12(10-14)17(25)26-11-16(24)22-13-6-8-15(9-7-13)27-18(19,20)21/h3-10H,11H2,1-2H3,(H,22,24). The maximum atomic E-state index is 12.1. The number of nitrogens with one attached hydrogen (secondary N) is 1. The van der Waals surface area contributed by atoms with Gasteiger partial charge in [0.15, 0.2) is 6.61 Å². The van der Waals surface area contributed by atoms with Crippen molar-refractivity contribution in [2.24, 2.45) is 0 Å². The first-order valence-corrected chi connectivity index (χ1v) is 7.74. The number of amides is 1. The molecule has 27 heavy (non-hydrogen) atoms. The molecule has 0 radical (unpaired) electrons. The Labute approximate surface area is 153 Å². The molecular formula is C18H17F3N2O4. The van der Waals surface area contributed by atoms with Gasteiger partial charge < -0.3 is 19.7 Å². The fourth-order valence-electron chi connectivity index (χ4n) is 2.06. The summed E-state index contributed by atoms with van der Waals surface area (Å²) >= 11 is 0. The molecule has 9 heteroatoms. The van der Waals surface area contributed by atoms with E-state index in [9.17, 15) is 22.8 Å². The van der Waals surface area contributed by atoms with E-state index in [4.69, 9.17) is 4.74 Å². The van der Waals surface area contributed by atoms with Crippen LogP contribution in [0.15, 0.2) is 48.5 Å². The monoisotopic (exact) mass is 382 g/mol. The van der Waals surface area contributed by atoms with Gasteiger partial charge in [0.1, 0.15) is 5.75 Å². The Kier molecular flexibility index (Phi) is 6.27. The number of esters is 1. The van der Waals surface area contributed by atoms with Gasteiger partial charge in [0, 0.05) is 25.5 Å². The summed E-state index contributed by atoms with van der Waals surface area (Å²) in [7, 11) is 3.64. The molecule has 0 aliphatic rings. The van der Waals surface area contributed by atoms with Gasteiger partial charge in [-0.25, -0.2) is 4.79 Å². The molecule has 0 bridgehead atoms. The number of hydrogen-bond donors (Lipinski definition) is 1. The lowest BCUT2D eigenvalue weighted by atomic mass is 10.2. The first-order valence-electron chi connectivity index (χ1n) is 7.74. The van der Waals surface area contributed by atoms with Crippen molar-refractivity contribution in [1.82, 2.24) is 0 Å². The third-order valence-corrected chi connectivity index (χ3v) is 3.30. The summed E-state index contributed by atoms with van der Waals surface area (Å²) in [4.78, 5) is 25.7. The quantitative estimate of drug-likeness (QED) is 0.776. The molecule has 0 heterocycles. The first kappa shape index (κ1) is 20.1. The van der Waals surface area contributed by atoms with Crippen LogP contribution in [-0.2, 0) is 9.53 Å². The van der Waals surface area contributed by atoms with Crippen molar-refractivity contribution in [3.8, 4) is 5.75 Å². The SMILES string of the molecule is CN(C)c1cccc(C(=O)OCC(=O)Nc2ccc(OC(F)(F)F)cc2)c1. The molecule has 0 spiro atoms. The predicted molar refractivity (Wildman–Crippen MR) is 92.8 cm³/mol. The van der Waals surface area contributed by atoms with Crippen LogP contribution >= 0.6 is 0 Å². The zero-order valence-electron chi connectivity index (χ0n) is 14.5. The number of ether oxygens (including phenoxy) is 2. The molecule has 0 atom stereocenters. The van der Waals surface area contributed by atoms with E-state index in [1.54, 1.807) is 18.2 Å². The smallest absolute Gasteiger partial charge is 0.452 e. The number of alkyl halides is 3. The molecule has 1 N–H and O–H groups in total. The van der Waals surface area contributed by atoms with Crippen molar-refractivity contribution in [2.75, 3.05) is 30.9 Å². The summed E-state index contributed by atoms with van der Waals surface area (Å²) in [6.45, 7) is -0.536. The summed E-state index contributed by atoms with van der Waals surface area (Å²) in [5, 5.41) is 2.41. The lowest BCUT2D eigenvalue weighted by Crippen LogP contribution is -2.21. The summed E-state index contributed by atoms with van der Waals surface area (Å²) in [5.41, 5.74) is 1.33. The van der Waals surface area contributed by atoms with E-state index >= 15 is 0 Å². The lowest BCUT2D eigenvalue weighted by Gasteiger charge is -2.13. The molecule has 0 saturated carbocycles. The van der Waals surface area contributed by atoms with E-state index in [1.807, 2.05) is 25.1 Å². The zero-order chi connectivity index (χ0) is 20.0. The number of carbonyl (C=O) groups is 2. The van der Waals surface area contributed by atoms with Gasteiger partial charge in [0.05, 0.1) is 5.56 Å². The Morgan fingerprint density at radius 1 is 1.07 bits per heavy atom. The molecule has 0 aliphatic heterocycles. The van der Waals surface area contributed by atoms with E-state index in [1.165, 1.54) is 12.1 Å². The van der Waals surface area contributed by atoms with Crippen LogP contribution in [0.1, 0.15) is 10.4 Å². The van der Waals surface area contributed by atoms with Gasteiger partial charge in [-0.15, -0.1) is 13.2 Å². The van der Waals surface area contributed by atoms with E-state index in [0.29, 0.717) is 5.56 Å². The van der Waals surface area contributed by atoms with Crippen LogP contribution in [0.2, 0.25) is 0 Å². The summed E-state index contributed by atoms with van der Waals surface area (Å²) in [5.74, 6) is -1.70. The predicted octanol–water partition coefficient (Wildman–Crippen LogP) is 3.45. The number of nitrogens with zero attached hydrogens (tertiary/aromatic N) is 1. The van der Waals surface area contributed by atoms with Crippen LogP contribution in [0.3, 0.4) is 0 Å². The zero-order valence-corrected chi connectivity index (χ0v) is 14.5. The van der Waals surface area contributed by atoms with Crippen molar-refractivity contribution in [1.29, 1.82) is 0 Å². The second-order valence-corrected chi connectivity index (χ2v) is 5.64. The van der Waals surface area contributed by atoms with E-state index < -0.39 is 30.6 Å². The van der Waals surface area contributed by atoms with Crippen LogP contribution in [0.25, 0.3) is 0 Å². The maximum absolute atomic E-state index is 12.1. The molecule has 1 amide bonds. The minimum Gasteiger partial charge on any atom is -0.452 e. The molecule has 0 aromatic heterocycles. The van der Waals surface area contributed by atoms with Crippen LogP contribution in [0, 0.1) is 0 Å². The van der Waals surface area contributed by atoms with Gasteiger partial charge in [0.2, 0.25) is 0 Å². The molecule has 2 aromatic carbocycles. The van der Waals surface area contributed by atoms with Gasteiger partial charge in [-0.3, -0.25) is 4.79 Å². The van der Waals surface area contributed by atoms with Crippen molar-refractivity contribution in [3.05, 3.63) is 54.1 Å². The third-order valence-electron chi connectivity index (χ3n) is 3.30.